The Morgan fingerprint density at radius 3 is 1.64 bits per heavy atom. The molecule has 2 aliphatic carbocycles. The van der Waals surface area contributed by atoms with E-state index >= 15 is 0 Å². The number of hydrogen-bond donors (Lipinski definition) is 0. The first-order chi connectivity index (χ1) is 6.09. The van der Waals surface area contributed by atoms with Crippen LogP contribution in [0.3, 0.4) is 0 Å². The molecular weight excluding hydrogens is 297 g/mol. The molecule has 3 heteroatoms. The summed E-state index contributed by atoms with van der Waals surface area (Å²) in [6.07, 6.45) is 0.0833. The largest absolute Gasteiger partial charge is 1.00 e. The van der Waals surface area contributed by atoms with E-state index in [1.54, 1.807) is 0 Å². The Hall–Kier alpha value is 0.612. The maximum atomic E-state index is 10.0. The van der Waals surface area contributed by atoms with E-state index in [1.807, 2.05) is 0 Å². The minimum atomic E-state index is -0.0625. The molecule has 0 spiro atoms. The van der Waals surface area contributed by atoms with Crippen LogP contribution in [0, 0.1) is 0 Å². The van der Waals surface area contributed by atoms with Gasteiger partial charge in [0, 0.05) is 0 Å². The van der Waals surface area contributed by atoms with Gasteiger partial charge in [0.05, 0.1) is 6.42 Å². The average Bonchev–Trinajstić information content (AvgIpc) is 2.57. The van der Waals surface area contributed by atoms with Crippen LogP contribution in [0.1, 0.15) is 21.7 Å². The number of carbonyl (C=O) groups is 2. The number of fused-ring (bicyclic) bond motifs is 1. The molecule has 0 saturated carbocycles. The van der Waals surface area contributed by atoms with Crippen molar-refractivity contribution in [2.75, 3.05) is 0 Å². The van der Waals surface area contributed by atoms with Crippen LogP contribution in [0.4, 0.5) is 0 Å². The molecule has 0 aromatic heterocycles. The molecule has 2 rings (SSSR count). The van der Waals surface area contributed by atoms with Gasteiger partial charge in [0.1, 0.15) is 11.6 Å². The fourth-order valence-corrected chi connectivity index (χ4v) is 1.03. The van der Waals surface area contributed by atoms with Gasteiger partial charge in [-0.25, -0.2) is 0 Å². The zero-order valence-corrected chi connectivity index (χ0v) is 15.1. The maximum Gasteiger partial charge on any atom is 1.00 e. The molecule has 2 aliphatic rings. The van der Waals surface area contributed by atoms with Gasteiger partial charge in [0.15, 0.2) is 0 Å². The van der Waals surface area contributed by atoms with Gasteiger partial charge in [-0.1, -0.05) is 18.2 Å². The summed E-state index contributed by atoms with van der Waals surface area (Å²) in [4.78, 5) is 20.1. The fourth-order valence-electron chi connectivity index (χ4n) is 1.03. The maximum absolute atomic E-state index is 10.0. The van der Waals surface area contributed by atoms with Crippen LogP contribution in [0.15, 0.2) is 24.3 Å². The van der Waals surface area contributed by atoms with E-state index in [2.05, 4.69) is 24.3 Å². The Labute approximate surface area is 144 Å². The van der Waals surface area contributed by atoms with Crippen LogP contribution < -0.4 is 68.9 Å². The Balaban J connectivity index is 0. The molecule has 0 atom stereocenters. The summed E-state index contributed by atoms with van der Waals surface area (Å²) in [7, 11) is 0. The van der Waals surface area contributed by atoms with Crippen molar-refractivity contribution < 1.29 is 79.9 Å². The number of hydrogen-bond acceptors (Lipinski definition) is 2. The van der Waals surface area contributed by atoms with E-state index in [0.717, 1.165) is 0 Å². The second-order valence-corrected chi connectivity index (χ2v) is 3.16. The van der Waals surface area contributed by atoms with Crippen molar-refractivity contribution in [1.82, 2.24) is 0 Å². The van der Waals surface area contributed by atoms with Crippen molar-refractivity contribution in [2.45, 2.75) is 20.3 Å². The van der Waals surface area contributed by atoms with Crippen LogP contribution in [0.25, 0.3) is 11.1 Å². The van der Waals surface area contributed by atoms with E-state index < -0.39 is 0 Å². The Kier molecular flexibility index (Phi) is 7.29. The van der Waals surface area contributed by atoms with Crippen LogP contribution in [-0.2, 0) is 9.59 Å². The Bertz CT molecular complexity index is 321. The van der Waals surface area contributed by atoms with Gasteiger partial charge in [-0.15, -0.1) is 0 Å². The molecular formula is C11H13CsO2. The van der Waals surface area contributed by atoms with E-state index in [1.165, 1.54) is 25.0 Å². The van der Waals surface area contributed by atoms with Crippen molar-refractivity contribution in [2.24, 2.45) is 0 Å². The van der Waals surface area contributed by atoms with E-state index in [-0.39, 0.29) is 88.3 Å². The number of ketones is 2. The van der Waals surface area contributed by atoms with Crippen molar-refractivity contribution in [3.05, 3.63) is 24.3 Å². The molecule has 2 nitrogen and oxygen atoms in total. The summed E-state index contributed by atoms with van der Waals surface area (Å²) in [5.41, 5.74) is 2.85. The standard InChI is InChI=1S/C6H4.C5H8O2.Cs.H/c1-2-5-4-6(5)3-1;1-4(6)3-5(2)7;;/h1-4H;3H2,1-2H3;;/q;;+1;-1. The first kappa shape index (κ1) is 14.6. The predicted octanol–water partition coefficient (Wildman–Crippen LogP) is -0.662. The zero-order chi connectivity index (χ0) is 9.84. The van der Waals surface area contributed by atoms with Gasteiger partial charge in [-0.05, 0) is 31.0 Å². The first-order valence-corrected chi connectivity index (χ1v) is 4.19. The van der Waals surface area contributed by atoms with Crippen molar-refractivity contribution in [3.63, 3.8) is 0 Å². The van der Waals surface area contributed by atoms with Crippen LogP contribution in [-0.4, -0.2) is 11.6 Å². The van der Waals surface area contributed by atoms with Crippen LogP contribution in [0.5, 0.6) is 0 Å². The van der Waals surface area contributed by atoms with Crippen LogP contribution in [0.2, 0.25) is 0 Å². The van der Waals surface area contributed by atoms with Gasteiger partial charge in [0.2, 0.25) is 0 Å². The fraction of sp³-hybridized carbons (Fsp3) is 0.273. The van der Waals surface area contributed by atoms with Crippen molar-refractivity contribution in [3.8, 4) is 11.1 Å². The summed E-state index contributed by atoms with van der Waals surface area (Å²) in [6.45, 7) is 2.81. The van der Waals surface area contributed by atoms with Gasteiger partial charge in [0.25, 0.3) is 0 Å². The molecule has 0 aliphatic heterocycles. The number of rotatable bonds is 2. The first-order valence-electron chi connectivity index (χ1n) is 4.19. The second kappa shape index (κ2) is 6.98. The quantitative estimate of drug-likeness (QED) is 0.690. The minimum absolute atomic E-state index is 0. The average molecular weight is 310 g/mol. The van der Waals surface area contributed by atoms with Gasteiger partial charge in [-0.2, -0.15) is 0 Å². The zero-order valence-electron chi connectivity index (χ0n) is 9.83. The third kappa shape index (κ3) is 6.16. The van der Waals surface area contributed by atoms with Crippen molar-refractivity contribution in [1.29, 1.82) is 0 Å². The molecule has 14 heavy (non-hydrogen) atoms. The number of carbonyl (C=O) groups excluding carboxylic acids is 2. The van der Waals surface area contributed by atoms with Crippen LogP contribution >= 0.6 is 0 Å². The topological polar surface area (TPSA) is 34.1 Å². The SMILES string of the molecule is CC(=O)CC(C)=O.[Cs+].[H-].c1cc2cc-2c1. The molecule has 0 amide bonds. The van der Waals surface area contributed by atoms with E-state index in [0.29, 0.717) is 0 Å². The molecule has 0 bridgehead atoms. The van der Waals surface area contributed by atoms with Crippen molar-refractivity contribution >= 4 is 11.6 Å². The molecule has 0 aromatic rings. The number of Topliss-reactive ketones (excluding diaryl/α,β-unsaturated/α-hetero) is 2. The summed E-state index contributed by atoms with van der Waals surface area (Å²) >= 11 is 0. The monoisotopic (exact) mass is 310 g/mol. The molecule has 0 radical (unpaired) electrons. The summed E-state index contributed by atoms with van der Waals surface area (Å²) in [6, 6.07) is 8.48. The number of benzene rings is 1. The molecule has 0 saturated heterocycles. The van der Waals surface area contributed by atoms with E-state index in [9.17, 15) is 9.59 Å². The Morgan fingerprint density at radius 2 is 1.57 bits per heavy atom. The van der Waals surface area contributed by atoms with Gasteiger partial charge >= 0.3 is 68.9 Å². The van der Waals surface area contributed by atoms with E-state index in [4.69, 9.17) is 0 Å². The molecule has 0 unspecified atom stereocenters. The minimum Gasteiger partial charge on any atom is -1.00 e. The molecule has 0 N–H and O–H groups in total. The predicted molar refractivity (Wildman–Crippen MR) is 52.5 cm³/mol. The third-order valence-corrected chi connectivity index (χ3v) is 1.61. The summed E-state index contributed by atoms with van der Waals surface area (Å²) in [5.74, 6) is -0.125. The smallest absolute Gasteiger partial charge is 1.00 e. The second-order valence-electron chi connectivity index (χ2n) is 3.16. The third-order valence-electron chi connectivity index (χ3n) is 1.61. The van der Waals surface area contributed by atoms with Gasteiger partial charge < -0.3 is 1.43 Å². The molecule has 0 aromatic carbocycles. The Morgan fingerprint density at radius 1 is 1.14 bits per heavy atom. The molecule has 0 heterocycles. The normalized spacial score (nSPS) is 9.00. The van der Waals surface area contributed by atoms with Gasteiger partial charge in [-0.3, -0.25) is 9.59 Å². The molecule has 0 fully saturated rings. The molecule has 70 valence electrons. The summed E-state index contributed by atoms with van der Waals surface area (Å²) in [5, 5.41) is 0. The summed E-state index contributed by atoms with van der Waals surface area (Å²) < 4.78 is 0.